The number of amides is 1. The van der Waals surface area contributed by atoms with E-state index in [-0.39, 0.29) is 18.2 Å². The Kier molecular flexibility index (Phi) is 4.77. The van der Waals surface area contributed by atoms with Crippen molar-refractivity contribution in [1.29, 1.82) is 0 Å². The summed E-state index contributed by atoms with van der Waals surface area (Å²) >= 11 is 0. The molecule has 0 spiro atoms. The van der Waals surface area contributed by atoms with Crippen LogP contribution >= 0.6 is 0 Å². The van der Waals surface area contributed by atoms with Crippen LogP contribution in [0.1, 0.15) is 28.4 Å². The third-order valence-electron chi connectivity index (χ3n) is 4.69. The minimum absolute atomic E-state index is 0.160. The maximum absolute atomic E-state index is 12.8. The second-order valence-corrected chi connectivity index (χ2v) is 6.38. The molecule has 0 fully saturated rings. The standard InChI is InChI=1S/C24H19NO3/c1-2-28-24(27)22(25-23(26)16-10-4-3-5-11-16)21-19-14-8-6-12-17(19)18-13-7-9-15-20(18)21/h3-15H,2H2,1H3,(H,25,26). The highest BCUT2D eigenvalue weighted by Gasteiger charge is 2.30. The third-order valence-corrected chi connectivity index (χ3v) is 4.69. The topological polar surface area (TPSA) is 55.4 Å². The second-order valence-electron chi connectivity index (χ2n) is 6.38. The van der Waals surface area contributed by atoms with Crippen LogP contribution in [0.4, 0.5) is 0 Å². The molecule has 0 saturated carbocycles. The molecular formula is C24H19NO3. The van der Waals surface area contributed by atoms with E-state index in [0.29, 0.717) is 11.1 Å². The molecule has 1 N–H and O–H groups in total. The van der Waals surface area contributed by atoms with Gasteiger partial charge in [0.25, 0.3) is 5.91 Å². The smallest absolute Gasteiger partial charge is 0.355 e. The van der Waals surface area contributed by atoms with E-state index in [1.54, 1.807) is 31.2 Å². The Hall–Kier alpha value is -3.66. The summed E-state index contributed by atoms with van der Waals surface area (Å²) in [5.41, 5.74) is 5.19. The van der Waals surface area contributed by atoms with Crippen molar-refractivity contribution in [2.45, 2.75) is 6.92 Å². The summed E-state index contributed by atoms with van der Waals surface area (Å²) in [6.45, 7) is 1.97. The fourth-order valence-corrected chi connectivity index (χ4v) is 3.48. The summed E-state index contributed by atoms with van der Waals surface area (Å²) in [6.07, 6.45) is 0. The molecule has 0 bridgehead atoms. The largest absolute Gasteiger partial charge is 0.461 e. The van der Waals surface area contributed by atoms with E-state index in [0.717, 1.165) is 22.3 Å². The average molecular weight is 369 g/mol. The normalized spacial score (nSPS) is 11.4. The lowest BCUT2D eigenvalue weighted by Crippen LogP contribution is -2.29. The molecule has 3 aromatic rings. The van der Waals surface area contributed by atoms with Crippen LogP contribution in [0.5, 0.6) is 0 Å². The number of hydrogen-bond donors (Lipinski definition) is 1. The van der Waals surface area contributed by atoms with Crippen molar-refractivity contribution in [3.05, 3.63) is 101 Å². The van der Waals surface area contributed by atoms with Gasteiger partial charge in [0.2, 0.25) is 0 Å². The first-order chi connectivity index (χ1) is 13.7. The van der Waals surface area contributed by atoms with E-state index < -0.39 is 5.97 Å². The van der Waals surface area contributed by atoms with Gasteiger partial charge >= 0.3 is 5.97 Å². The van der Waals surface area contributed by atoms with E-state index >= 15 is 0 Å². The zero-order chi connectivity index (χ0) is 19.5. The fourth-order valence-electron chi connectivity index (χ4n) is 3.48. The average Bonchev–Trinajstić information content (AvgIpc) is 3.07. The van der Waals surface area contributed by atoms with Gasteiger partial charge in [0, 0.05) is 11.1 Å². The van der Waals surface area contributed by atoms with Gasteiger partial charge in [0.05, 0.1) is 6.61 Å². The van der Waals surface area contributed by atoms with Gasteiger partial charge < -0.3 is 10.1 Å². The maximum Gasteiger partial charge on any atom is 0.355 e. The predicted octanol–water partition coefficient (Wildman–Crippen LogP) is 4.42. The van der Waals surface area contributed by atoms with Crippen molar-refractivity contribution in [3.8, 4) is 11.1 Å². The van der Waals surface area contributed by atoms with Gasteiger partial charge in [0.15, 0.2) is 0 Å². The second kappa shape index (κ2) is 7.53. The molecule has 0 radical (unpaired) electrons. The van der Waals surface area contributed by atoms with E-state index in [1.165, 1.54) is 0 Å². The Morgan fingerprint density at radius 2 is 1.25 bits per heavy atom. The Morgan fingerprint density at radius 3 is 1.79 bits per heavy atom. The number of fused-ring (bicyclic) bond motifs is 3. The van der Waals surface area contributed by atoms with Crippen molar-refractivity contribution in [2.75, 3.05) is 6.61 Å². The molecule has 0 heterocycles. The summed E-state index contributed by atoms with van der Waals surface area (Å²) in [5, 5.41) is 2.81. The molecular weight excluding hydrogens is 350 g/mol. The van der Waals surface area contributed by atoms with Crippen molar-refractivity contribution in [3.63, 3.8) is 0 Å². The Labute approximate surface area is 163 Å². The first-order valence-corrected chi connectivity index (χ1v) is 9.17. The van der Waals surface area contributed by atoms with Crippen LogP contribution in [-0.2, 0) is 9.53 Å². The molecule has 0 saturated heterocycles. The van der Waals surface area contributed by atoms with Crippen LogP contribution < -0.4 is 5.32 Å². The lowest BCUT2D eigenvalue weighted by atomic mass is 10.0. The Bertz CT molecular complexity index is 1040. The summed E-state index contributed by atoms with van der Waals surface area (Å²) in [7, 11) is 0. The molecule has 3 aromatic carbocycles. The Morgan fingerprint density at radius 1 is 0.750 bits per heavy atom. The number of carbonyl (C=O) groups is 2. The fraction of sp³-hybridized carbons (Fsp3) is 0.0833. The molecule has 0 unspecified atom stereocenters. The zero-order valence-electron chi connectivity index (χ0n) is 15.4. The quantitative estimate of drug-likeness (QED) is 0.428. The van der Waals surface area contributed by atoms with Crippen LogP contribution in [0, 0.1) is 0 Å². The molecule has 28 heavy (non-hydrogen) atoms. The monoisotopic (exact) mass is 369 g/mol. The van der Waals surface area contributed by atoms with Crippen LogP contribution in [0.3, 0.4) is 0 Å². The number of rotatable bonds is 4. The maximum atomic E-state index is 12.8. The third kappa shape index (κ3) is 3.09. The van der Waals surface area contributed by atoms with Crippen LogP contribution in [0.25, 0.3) is 16.7 Å². The van der Waals surface area contributed by atoms with Crippen molar-refractivity contribution < 1.29 is 14.3 Å². The minimum atomic E-state index is -0.548. The number of esters is 1. The van der Waals surface area contributed by atoms with Crippen LogP contribution in [0.15, 0.2) is 84.6 Å². The van der Waals surface area contributed by atoms with Gasteiger partial charge in [0.1, 0.15) is 5.70 Å². The Balaban J connectivity index is 1.89. The van der Waals surface area contributed by atoms with Crippen molar-refractivity contribution in [2.24, 2.45) is 0 Å². The van der Waals surface area contributed by atoms with Gasteiger partial charge in [-0.3, -0.25) is 4.79 Å². The molecule has 0 aromatic heterocycles. The van der Waals surface area contributed by atoms with Gasteiger partial charge in [-0.05, 0) is 41.3 Å². The van der Waals surface area contributed by atoms with Crippen molar-refractivity contribution in [1.82, 2.24) is 5.32 Å². The molecule has 0 atom stereocenters. The molecule has 0 aliphatic heterocycles. The van der Waals surface area contributed by atoms with Crippen LogP contribution in [0.2, 0.25) is 0 Å². The molecule has 4 heteroatoms. The predicted molar refractivity (Wildman–Crippen MR) is 108 cm³/mol. The minimum Gasteiger partial charge on any atom is -0.461 e. The van der Waals surface area contributed by atoms with Crippen molar-refractivity contribution >= 4 is 17.4 Å². The molecule has 138 valence electrons. The SMILES string of the molecule is CCOC(=O)C(NC(=O)c1ccccc1)=C1c2ccccc2-c2ccccc21. The van der Waals surface area contributed by atoms with E-state index in [2.05, 4.69) is 5.32 Å². The number of benzene rings is 3. The molecule has 4 rings (SSSR count). The highest BCUT2D eigenvalue weighted by molar-refractivity contribution is 6.12. The molecule has 4 nitrogen and oxygen atoms in total. The van der Waals surface area contributed by atoms with Gasteiger partial charge in [-0.25, -0.2) is 4.79 Å². The van der Waals surface area contributed by atoms with E-state index in [9.17, 15) is 9.59 Å². The zero-order valence-corrected chi connectivity index (χ0v) is 15.4. The van der Waals surface area contributed by atoms with Gasteiger partial charge in [-0.2, -0.15) is 0 Å². The number of nitrogens with one attached hydrogen (secondary N) is 1. The summed E-state index contributed by atoms with van der Waals surface area (Å²) < 4.78 is 5.27. The number of hydrogen-bond acceptors (Lipinski definition) is 3. The lowest BCUT2D eigenvalue weighted by molar-refractivity contribution is -0.138. The van der Waals surface area contributed by atoms with E-state index in [4.69, 9.17) is 4.74 Å². The first kappa shape index (κ1) is 17.7. The molecule has 1 aliphatic carbocycles. The molecule has 1 aliphatic rings. The number of carbonyl (C=O) groups excluding carboxylic acids is 2. The summed E-state index contributed by atoms with van der Waals surface area (Å²) in [5.74, 6) is -0.897. The van der Waals surface area contributed by atoms with Gasteiger partial charge in [-0.15, -0.1) is 0 Å². The highest BCUT2D eigenvalue weighted by atomic mass is 16.5. The highest BCUT2D eigenvalue weighted by Crippen LogP contribution is 2.45. The first-order valence-electron chi connectivity index (χ1n) is 9.17. The number of ether oxygens (including phenoxy) is 1. The lowest BCUT2D eigenvalue weighted by Gasteiger charge is -2.14. The summed E-state index contributed by atoms with van der Waals surface area (Å²) in [4.78, 5) is 25.6. The molecule has 1 amide bonds. The van der Waals surface area contributed by atoms with Crippen LogP contribution in [-0.4, -0.2) is 18.5 Å². The van der Waals surface area contributed by atoms with E-state index in [1.807, 2.05) is 54.6 Å². The summed E-state index contributed by atoms with van der Waals surface area (Å²) in [6, 6.07) is 24.5. The van der Waals surface area contributed by atoms with Gasteiger partial charge in [-0.1, -0.05) is 66.7 Å².